The number of halogens is 3. The monoisotopic (exact) mass is 264 g/mol. The molecule has 0 aliphatic heterocycles. The van der Waals surface area contributed by atoms with Gasteiger partial charge >= 0.3 is 0 Å². The van der Waals surface area contributed by atoms with E-state index in [1.807, 2.05) is 0 Å². The molecule has 78 valence electrons. The van der Waals surface area contributed by atoms with Crippen LogP contribution in [-0.2, 0) is 0 Å². The maximum Gasteiger partial charge on any atom is 0.162 e. The number of ether oxygens (including phenoxy) is 1. The molecule has 0 aliphatic carbocycles. The first-order valence-electron chi connectivity index (χ1n) is 4.38. The molecular weight excluding hydrogens is 254 g/mol. The summed E-state index contributed by atoms with van der Waals surface area (Å²) in [5, 5.41) is 0.925. The summed E-state index contributed by atoms with van der Waals surface area (Å²) in [5.74, 6) is -1.35. The van der Waals surface area contributed by atoms with Crippen LogP contribution in [-0.4, -0.2) is 11.9 Å². The smallest absolute Gasteiger partial charge is 0.162 e. The van der Waals surface area contributed by atoms with Gasteiger partial charge in [-0.05, 0) is 25.0 Å². The molecule has 0 unspecified atom stereocenters. The Kier molecular flexibility index (Phi) is 4.87. The molecule has 0 aromatic heterocycles. The first kappa shape index (κ1) is 11.4. The Hall–Kier alpha value is -0.640. The van der Waals surface area contributed by atoms with Crippen molar-refractivity contribution < 1.29 is 13.5 Å². The predicted molar refractivity (Wildman–Crippen MR) is 54.9 cm³/mol. The standard InChI is InChI=1S/C10H11BrF2O/c11-5-1-2-6-14-8-3-4-9(12)10(13)7-8/h3-4,7H,1-2,5-6H2. The van der Waals surface area contributed by atoms with Crippen LogP contribution in [0.1, 0.15) is 12.8 Å². The molecule has 0 amide bonds. The Morgan fingerprint density at radius 3 is 2.57 bits per heavy atom. The topological polar surface area (TPSA) is 9.23 Å². The lowest BCUT2D eigenvalue weighted by molar-refractivity contribution is 0.307. The van der Waals surface area contributed by atoms with Crippen molar-refractivity contribution in [2.45, 2.75) is 12.8 Å². The molecule has 4 heteroatoms. The molecule has 0 atom stereocenters. The second kappa shape index (κ2) is 5.96. The Morgan fingerprint density at radius 1 is 1.14 bits per heavy atom. The van der Waals surface area contributed by atoms with Gasteiger partial charge in [-0.15, -0.1) is 0 Å². The molecule has 0 saturated heterocycles. The van der Waals surface area contributed by atoms with Crippen LogP contribution in [0.5, 0.6) is 5.75 Å². The van der Waals surface area contributed by atoms with Crippen LogP contribution >= 0.6 is 15.9 Å². The van der Waals surface area contributed by atoms with E-state index in [4.69, 9.17) is 4.74 Å². The number of alkyl halides is 1. The van der Waals surface area contributed by atoms with Crippen LogP contribution in [0.4, 0.5) is 8.78 Å². The fourth-order valence-electron chi connectivity index (χ4n) is 0.953. The molecule has 1 nitrogen and oxygen atoms in total. The molecule has 0 N–H and O–H groups in total. The van der Waals surface area contributed by atoms with Crippen molar-refractivity contribution in [3.63, 3.8) is 0 Å². The Labute approximate surface area is 90.2 Å². The van der Waals surface area contributed by atoms with Gasteiger partial charge in [-0.25, -0.2) is 8.78 Å². The van der Waals surface area contributed by atoms with Gasteiger partial charge in [-0.2, -0.15) is 0 Å². The van der Waals surface area contributed by atoms with Gasteiger partial charge in [0.05, 0.1) is 6.61 Å². The first-order valence-corrected chi connectivity index (χ1v) is 5.50. The van der Waals surface area contributed by atoms with Crippen LogP contribution in [0, 0.1) is 11.6 Å². The number of rotatable bonds is 5. The highest BCUT2D eigenvalue weighted by Gasteiger charge is 2.02. The molecule has 14 heavy (non-hydrogen) atoms. The fraction of sp³-hybridized carbons (Fsp3) is 0.400. The Morgan fingerprint density at radius 2 is 1.93 bits per heavy atom. The largest absolute Gasteiger partial charge is 0.493 e. The highest BCUT2D eigenvalue weighted by molar-refractivity contribution is 9.09. The fourth-order valence-corrected chi connectivity index (χ4v) is 1.35. The molecule has 1 aromatic carbocycles. The zero-order chi connectivity index (χ0) is 10.4. The summed E-state index contributed by atoms with van der Waals surface area (Å²) < 4.78 is 30.4. The first-order chi connectivity index (χ1) is 6.74. The average Bonchev–Trinajstić information content (AvgIpc) is 2.18. The minimum absolute atomic E-state index is 0.374. The summed E-state index contributed by atoms with van der Waals surface area (Å²) in [4.78, 5) is 0. The molecule has 0 bridgehead atoms. The number of benzene rings is 1. The maximum atomic E-state index is 12.7. The van der Waals surface area contributed by atoms with Crippen molar-refractivity contribution in [3.05, 3.63) is 29.8 Å². The van der Waals surface area contributed by atoms with Gasteiger partial charge < -0.3 is 4.74 Å². The summed E-state index contributed by atoms with van der Waals surface area (Å²) in [6.45, 7) is 0.524. The summed E-state index contributed by atoms with van der Waals surface area (Å²) in [7, 11) is 0. The molecule has 1 rings (SSSR count). The van der Waals surface area contributed by atoms with E-state index in [1.165, 1.54) is 6.07 Å². The second-order valence-electron chi connectivity index (χ2n) is 2.82. The van der Waals surface area contributed by atoms with E-state index >= 15 is 0 Å². The van der Waals surface area contributed by atoms with E-state index in [-0.39, 0.29) is 0 Å². The van der Waals surface area contributed by atoms with Crippen molar-refractivity contribution in [1.82, 2.24) is 0 Å². The molecule has 0 heterocycles. The number of hydrogen-bond acceptors (Lipinski definition) is 1. The lowest BCUT2D eigenvalue weighted by Gasteiger charge is -2.05. The molecule has 0 spiro atoms. The van der Waals surface area contributed by atoms with Crippen molar-refractivity contribution in [3.8, 4) is 5.75 Å². The third-order valence-corrected chi connectivity index (χ3v) is 2.25. The van der Waals surface area contributed by atoms with Crippen molar-refractivity contribution in [2.24, 2.45) is 0 Å². The van der Waals surface area contributed by atoms with E-state index < -0.39 is 11.6 Å². The summed E-state index contributed by atoms with van der Waals surface area (Å²) in [5.41, 5.74) is 0. The van der Waals surface area contributed by atoms with Crippen LogP contribution in [0.15, 0.2) is 18.2 Å². The quantitative estimate of drug-likeness (QED) is 0.584. The Balaban J connectivity index is 2.39. The summed E-state index contributed by atoms with van der Waals surface area (Å²) in [6, 6.07) is 3.55. The highest BCUT2D eigenvalue weighted by Crippen LogP contribution is 2.15. The zero-order valence-corrected chi connectivity index (χ0v) is 9.19. The lowest BCUT2D eigenvalue weighted by Crippen LogP contribution is -1.98. The minimum Gasteiger partial charge on any atom is -0.493 e. The van der Waals surface area contributed by atoms with E-state index in [2.05, 4.69) is 15.9 Å². The van der Waals surface area contributed by atoms with Gasteiger partial charge in [0, 0.05) is 11.4 Å². The van der Waals surface area contributed by atoms with Crippen molar-refractivity contribution >= 4 is 15.9 Å². The van der Waals surface area contributed by atoms with Crippen LogP contribution in [0.3, 0.4) is 0 Å². The third kappa shape index (κ3) is 3.62. The second-order valence-corrected chi connectivity index (χ2v) is 3.61. The minimum atomic E-state index is -0.872. The van der Waals surface area contributed by atoms with Gasteiger partial charge in [-0.3, -0.25) is 0 Å². The molecule has 0 saturated carbocycles. The van der Waals surface area contributed by atoms with Gasteiger partial charge in [0.15, 0.2) is 11.6 Å². The van der Waals surface area contributed by atoms with Crippen molar-refractivity contribution in [1.29, 1.82) is 0 Å². The van der Waals surface area contributed by atoms with E-state index in [9.17, 15) is 8.78 Å². The van der Waals surface area contributed by atoms with E-state index in [0.717, 1.165) is 30.3 Å². The third-order valence-electron chi connectivity index (χ3n) is 1.69. The van der Waals surface area contributed by atoms with Crippen molar-refractivity contribution in [2.75, 3.05) is 11.9 Å². The Bertz CT molecular complexity index is 291. The van der Waals surface area contributed by atoms with E-state index in [0.29, 0.717) is 12.4 Å². The van der Waals surface area contributed by atoms with Gasteiger partial charge in [-0.1, -0.05) is 15.9 Å². The molecule has 0 radical (unpaired) electrons. The summed E-state index contributed by atoms with van der Waals surface area (Å²) >= 11 is 3.29. The van der Waals surface area contributed by atoms with Gasteiger partial charge in [0.1, 0.15) is 5.75 Å². The zero-order valence-electron chi connectivity index (χ0n) is 7.60. The average molecular weight is 265 g/mol. The normalized spacial score (nSPS) is 10.2. The molecule has 0 fully saturated rings. The van der Waals surface area contributed by atoms with Crippen LogP contribution in [0.2, 0.25) is 0 Å². The maximum absolute atomic E-state index is 12.7. The van der Waals surface area contributed by atoms with Gasteiger partial charge in [0.25, 0.3) is 0 Å². The lowest BCUT2D eigenvalue weighted by atomic mass is 10.3. The van der Waals surface area contributed by atoms with E-state index in [1.54, 1.807) is 0 Å². The number of unbranched alkanes of at least 4 members (excludes halogenated alkanes) is 1. The molecule has 0 aliphatic rings. The van der Waals surface area contributed by atoms with Crippen LogP contribution < -0.4 is 4.74 Å². The highest BCUT2D eigenvalue weighted by atomic mass is 79.9. The SMILES string of the molecule is Fc1ccc(OCCCCBr)cc1F. The number of hydrogen-bond donors (Lipinski definition) is 0. The molecule has 1 aromatic rings. The van der Waals surface area contributed by atoms with Crippen LogP contribution in [0.25, 0.3) is 0 Å². The molecular formula is C10H11BrF2O. The predicted octanol–water partition coefficient (Wildman–Crippen LogP) is 3.52. The van der Waals surface area contributed by atoms with Gasteiger partial charge in [0.2, 0.25) is 0 Å². The summed E-state index contributed by atoms with van der Waals surface area (Å²) in [6.07, 6.45) is 1.90.